The van der Waals surface area contributed by atoms with Gasteiger partial charge in [0, 0.05) is 5.57 Å². The fourth-order valence-electron chi connectivity index (χ4n) is 0.946. The van der Waals surface area contributed by atoms with Crippen LogP contribution in [0.4, 0.5) is 0 Å². The minimum Gasteiger partial charge on any atom is -0.459 e. The second-order valence-corrected chi connectivity index (χ2v) is 3.68. The van der Waals surface area contributed by atoms with Crippen molar-refractivity contribution < 1.29 is 35.1 Å². The minimum absolute atomic E-state index is 0.127. The summed E-state index contributed by atoms with van der Waals surface area (Å²) >= 11 is 0. The van der Waals surface area contributed by atoms with Crippen LogP contribution in [-0.2, 0) is 9.53 Å². The van der Waals surface area contributed by atoms with E-state index in [1.807, 2.05) is 0 Å². The Hall–Kier alpha value is -0.990. The molecule has 17 heavy (non-hydrogen) atoms. The maximum atomic E-state index is 11.0. The van der Waals surface area contributed by atoms with Crippen LogP contribution in [0.25, 0.3) is 0 Å². The monoisotopic (exact) mass is 250 g/mol. The number of carbonyl (C=O) groups is 1. The van der Waals surface area contributed by atoms with Gasteiger partial charge >= 0.3 is 5.97 Å². The predicted molar refractivity (Wildman–Crippen MR) is 56.9 cm³/mol. The van der Waals surface area contributed by atoms with Crippen LogP contribution in [0.15, 0.2) is 12.2 Å². The molecule has 0 saturated carbocycles. The van der Waals surface area contributed by atoms with Crippen molar-refractivity contribution in [1.29, 1.82) is 0 Å². The Bertz CT molecular complexity index is 265. The molecule has 4 atom stereocenters. The average molecular weight is 250 g/mol. The average Bonchev–Trinajstić information content (AvgIpc) is 2.32. The summed E-state index contributed by atoms with van der Waals surface area (Å²) in [5.74, 6) is -0.742. The molecule has 7 nitrogen and oxygen atoms in total. The minimum atomic E-state index is -1.74. The van der Waals surface area contributed by atoms with Crippen LogP contribution in [0.3, 0.4) is 0 Å². The van der Waals surface area contributed by atoms with Gasteiger partial charge in [-0.05, 0) is 6.92 Å². The molecule has 0 bridgehead atoms. The van der Waals surface area contributed by atoms with Crippen LogP contribution in [0.5, 0.6) is 0 Å². The zero-order chi connectivity index (χ0) is 13.6. The van der Waals surface area contributed by atoms with E-state index in [4.69, 9.17) is 10.2 Å². The molecule has 100 valence electrons. The zero-order valence-electron chi connectivity index (χ0n) is 9.48. The number of carbonyl (C=O) groups excluding carboxylic acids is 1. The lowest BCUT2D eigenvalue weighted by atomic mass is 10.0. The highest BCUT2D eigenvalue weighted by Gasteiger charge is 2.30. The summed E-state index contributed by atoms with van der Waals surface area (Å²) in [6.45, 7) is 3.40. The molecule has 0 aliphatic carbocycles. The van der Waals surface area contributed by atoms with E-state index < -0.39 is 43.6 Å². The molecule has 0 aromatic heterocycles. The molecular formula is C10H18O7. The number of aliphatic hydroxyl groups is 5. The van der Waals surface area contributed by atoms with Gasteiger partial charge in [-0.25, -0.2) is 4.79 Å². The first kappa shape index (κ1) is 16.0. The van der Waals surface area contributed by atoms with Gasteiger partial charge in [-0.15, -0.1) is 0 Å². The molecule has 0 unspecified atom stereocenters. The summed E-state index contributed by atoms with van der Waals surface area (Å²) in [7, 11) is 0. The van der Waals surface area contributed by atoms with E-state index in [9.17, 15) is 20.1 Å². The fourth-order valence-corrected chi connectivity index (χ4v) is 0.946. The quantitative estimate of drug-likeness (QED) is 0.250. The first-order valence-electron chi connectivity index (χ1n) is 4.97. The third kappa shape index (κ3) is 5.24. The number of hydrogen-bond acceptors (Lipinski definition) is 7. The van der Waals surface area contributed by atoms with Crippen LogP contribution in [0, 0.1) is 0 Å². The Balaban J connectivity index is 4.18. The molecule has 0 spiro atoms. The number of aliphatic hydroxyl groups excluding tert-OH is 5. The van der Waals surface area contributed by atoms with Crippen LogP contribution < -0.4 is 0 Å². The Kier molecular flexibility index (Phi) is 6.93. The molecule has 0 saturated heterocycles. The first-order chi connectivity index (χ1) is 7.81. The van der Waals surface area contributed by atoms with Gasteiger partial charge < -0.3 is 30.3 Å². The second kappa shape index (κ2) is 7.36. The van der Waals surface area contributed by atoms with E-state index >= 15 is 0 Å². The highest BCUT2D eigenvalue weighted by molar-refractivity contribution is 5.86. The van der Waals surface area contributed by atoms with E-state index in [1.165, 1.54) is 6.92 Å². The number of ether oxygens (including phenoxy) is 1. The fraction of sp³-hybridized carbons (Fsp3) is 0.700. The summed E-state index contributed by atoms with van der Waals surface area (Å²) < 4.78 is 4.55. The highest BCUT2D eigenvalue weighted by Crippen LogP contribution is 2.06. The van der Waals surface area contributed by atoms with E-state index in [-0.39, 0.29) is 5.57 Å². The van der Waals surface area contributed by atoms with Gasteiger partial charge in [0.15, 0.2) is 0 Å². The molecule has 0 aliphatic rings. The standard InChI is InChI=1S/C10H18O7/c1-5(2)10(16)17-4-7(13)9(15)8(14)6(12)3-11/h6-9,11-15H,1,3-4H2,2H3/t6-,7+,8+,9-/m0/s1. The van der Waals surface area contributed by atoms with Gasteiger partial charge in [0.2, 0.25) is 0 Å². The Morgan fingerprint density at radius 2 is 1.65 bits per heavy atom. The lowest BCUT2D eigenvalue weighted by Crippen LogP contribution is -2.47. The van der Waals surface area contributed by atoms with Crippen LogP contribution in [0.2, 0.25) is 0 Å². The molecule has 0 aromatic rings. The van der Waals surface area contributed by atoms with Gasteiger partial charge in [0.25, 0.3) is 0 Å². The largest absolute Gasteiger partial charge is 0.459 e. The highest BCUT2D eigenvalue weighted by atomic mass is 16.5. The Labute approximate surface area is 98.6 Å². The van der Waals surface area contributed by atoms with E-state index in [1.54, 1.807) is 0 Å². The van der Waals surface area contributed by atoms with Crippen LogP contribution >= 0.6 is 0 Å². The summed E-state index contributed by atoms with van der Waals surface area (Å²) in [4.78, 5) is 11.0. The Morgan fingerprint density at radius 3 is 2.06 bits per heavy atom. The zero-order valence-corrected chi connectivity index (χ0v) is 9.48. The SMILES string of the molecule is C=C(C)C(=O)OC[C@@H](O)[C@H](O)[C@H](O)[C@@H](O)CO. The van der Waals surface area contributed by atoms with Crippen molar-refractivity contribution in [2.45, 2.75) is 31.3 Å². The lowest BCUT2D eigenvalue weighted by molar-refractivity contribution is -0.152. The number of esters is 1. The summed E-state index contributed by atoms with van der Waals surface area (Å²) in [5, 5.41) is 45.5. The van der Waals surface area contributed by atoms with Gasteiger partial charge in [-0.2, -0.15) is 0 Å². The van der Waals surface area contributed by atoms with Crippen molar-refractivity contribution in [3.8, 4) is 0 Å². The van der Waals surface area contributed by atoms with Crippen molar-refractivity contribution in [2.75, 3.05) is 13.2 Å². The van der Waals surface area contributed by atoms with Crippen LogP contribution in [0.1, 0.15) is 6.92 Å². The van der Waals surface area contributed by atoms with Crippen molar-refractivity contribution in [1.82, 2.24) is 0 Å². The van der Waals surface area contributed by atoms with Crippen molar-refractivity contribution in [3.63, 3.8) is 0 Å². The van der Waals surface area contributed by atoms with E-state index in [0.717, 1.165) is 0 Å². The molecule has 0 rings (SSSR count). The molecule has 0 heterocycles. The number of hydrogen-bond donors (Lipinski definition) is 5. The van der Waals surface area contributed by atoms with Crippen molar-refractivity contribution >= 4 is 5.97 Å². The first-order valence-corrected chi connectivity index (χ1v) is 4.97. The summed E-state index contributed by atoms with van der Waals surface area (Å²) in [5.41, 5.74) is 0.127. The molecule has 0 fully saturated rings. The summed E-state index contributed by atoms with van der Waals surface area (Å²) in [6.07, 6.45) is -6.64. The molecule has 0 amide bonds. The van der Waals surface area contributed by atoms with Crippen LogP contribution in [-0.4, -0.2) is 69.1 Å². The summed E-state index contributed by atoms with van der Waals surface area (Å²) in [6, 6.07) is 0. The molecule has 0 radical (unpaired) electrons. The Morgan fingerprint density at radius 1 is 1.18 bits per heavy atom. The van der Waals surface area contributed by atoms with Gasteiger partial charge in [-0.3, -0.25) is 0 Å². The normalized spacial score (nSPS) is 18.0. The third-order valence-corrected chi connectivity index (χ3v) is 2.06. The van der Waals surface area contributed by atoms with Crippen molar-refractivity contribution in [2.24, 2.45) is 0 Å². The van der Waals surface area contributed by atoms with Crippen molar-refractivity contribution in [3.05, 3.63) is 12.2 Å². The predicted octanol–water partition coefficient (Wildman–Crippen LogP) is -2.46. The molecule has 0 aliphatic heterocycles. The maximum Gasteiger partial charge on any atom is 0.333 e. The topological polar surface area (TPSA) is 127 Å². The second-order valence-electron chi connectivity index (χ2n) is 3.68. The van der Waals surface area contributed by atoms with Gasteiger partial charge in [0.1, 0.15) is 31.0 Å². The lowest BCUT2D eigenvalue weighted by Gasteiger charge is -2.25. The molecule has 0 aromatic carbocycles. The van der Waals surface area contributed by atoms with Gasteiger partial charge in [0.05, 0.1) is 6.61 Å². The third-order valence-electron chi connectivity index (χ3n) is 2.06. The molecular weight excluding hydrogens is 232 g/mol. The number of rotatable bonds is 7. The van der Waals surface area contributed by atoms with E-state index in [0.29, 0.717) is 0 Å². The molecule has 5 N–H and O–H groups in total. The maximum absolute atomic E-state index is 11.0. The van der Waals surface area contributed by atoms with Gasteiger partial charge in [-0.1, -0.05) is 6.58 Å². The smallest absolute Gasteiger partial charge is 0.333 e. The molecule has 7 heteroatoms. The van der Waals surface area contributed by atoms with E-state index in [2.05, 4.69) is 11.3 Å².